The third kappa shape index (κ3) is 3.58. The number of amides is 1. The molecule has 2 rings (SSSR count). The number of rotatable bonds is 6. The summed E-state index contributed by atoms with van der Waals surface area (Å²) in [7, 11) is 1.73. The smallest absolute Gasteiger partial charge is 0.252 e. The summed E-state index contributed by atoms with van der Waals surface area (Å²) in [5.74, 6) is 0.566. The predicted molar refractivity (Wildman–Crippen MR) is 69.5 cm³/mol. The molecule has 100 valence electrons. The van der Waals surface area contributed by atoms with Crippen LogP contribution in [0.1, 0.15) is 16.8 Å². The summed E-state index contributed by atoms with van der Waals surface area (Å²) >= 11 is 0. The van der Waals surface area contributed by atoms with Crippen LogP contribution in [0.2, 0.25) is 0 Å². The molecule has 0 unspecified atom stereocenters. The van der Waals surface area contributed by atoms with E-state index in [2.05, 4.69) is 15.2 Å². The van der Waals surface area contributed by atoms with Gasteiger partial charge in [-0.1, -0.05) is 0 Å². The Kier molecular flexibility index (Phi) is 4.78. The highest BCUT2D eigenvalue weighted by molar-refractivity contribution is 5.93. The molecule has 5 heteroatoms. The minimum Gasteiger partial charge on any atom is -0.383 e. The van der Waals surface area contributed by atoms with Gasteiger partial charge in [-0.2, -0.15) is 0 Å². The first kappa shape index (κ1) is 13.1. The van der Waals surface area contributed by atoms with Gasteiger partial charge in [0.05, 0.1) is 12.2 Å². The molecule has 1 fully saturated rings. The third-order valence-corrected chi connectivity index (χ3v) is 3.39. The van der Waals surface area contributed by atoms with Gasteiger partial charge in [0, 0.05) is 39.1 Å². The SMILES string of the molecule is COCCN1CC[C@@H](CNC(=O)c2cc[nH]c2)C1. The number of hydrogen-bond acceptors (Lipinski definition) is 3. The number of carbonyl (C=O) groups is 1. The van der Waals surface area contributed by atoms with E-state index in [-0.39, 0.29) is 5.91 Å². The molecule has 5 nitrogen and oxygen atoms in total. The van der Waals surface area contributed by atoms with Crippen molar-refractivity contribution in [2.24, 2.45) is 5.92 Å². The molecule has 0 aliphatic carbocycles. The maximum absolute atomic E-state index is 11.8. The molecule has 0 spiro atoms. The summed E-state index contributed by atoms with van der Waals surface area (Å²) < 4.78 is 5.07. The third-order valence-electron chi connectivity index (χ3n) is 3.39. The van der Waals surface area contributed by atoms with Crippen molar-refractivity contribution in [1.82, 2.24) is 15.2 Å². The van der Waals surface area contributed by atoms with Crippen molar-refractivity contribution in [1.29, 1.82) is 0 Å². The van der Waals surface area contributed by atoms with Gasteiger partial charge in [0.2, 0.25) is 0 Å². The molecule has 1 aliphatic heterocycles. The van der Waals surface area contributed by atoms with E-state index in [1.807, 2.05) is 0 Å². The van der Waals surface area contributed by atoms with E-state index < -0.39 is 0 Å². The number of aromatic nitrogens is 1. The Labute approximate surface area is 108 Å². The Morgan fingerprint density at radius 3 is 3.28 bits per heavy atom. The van der Waals surface area contributed by atoms with E-state index in [4.69, 9.17) is 4.74 Å². The standard InChI is InChI=1S/C13H21N3O2/c1-18-7-6-16-5-3-11(10-16)8-15-13(17)12-2-4-14-9-12/h2,4,9,11,14H,3,5-8,10H2,1H3,(H,15,17)/t11-/m0/s1. The van der Waals surface area contributed by atoms with Crippen molar-refractivity contribution < 1.29 is 9.53 Å². The number of methoxy groups -OCH3 is 1. The highest BCUT2D eigenvalue weighted by atomic mass is 16.5. The molecule has 0 radical (unpaired) electrons. The van der Waals surface area contributed by atoms with Gasteiger partial charge in [0.15, 0.2) is 0 Å². The van der Waals surface area contributed by atoms with Crippen LogP contribution in [0.25, 0.3) is 0 Å². The first-order valence-corrected chi connectivity index (χ1v) is 6.42. The van der Waals surface area contributed by atoms with Gasteiger partial charge in [-0.3, -0.25) is 4.79 Å². The van der Waals surface area contributed by atoms with Crippen molar-refractivity contribution in [3.8, 4) is 0 Å². The van der Waals surface area contributed by atoms with Gasteiger partial charge in [-0.05, 0) is 24.9 Å². The van der Waals surface area contributed by atoms with Crippen LogP contribution in [0.5, 0.6) is 0 Å². The zero-order valence-electron chi connectivity index (χ0n) is 10.8. The number of likely N-dealkylation sites (tertiary alicyclic amines) is 1. The summed E-state index contributed by atoms with van der Waals surface area (Å²) in [5, 5.41) is 2.99. The van der Waals surface area contributed by atoms with Crippen LogP contribution in [-0.2, 0) is 4.74 Å². The van der Waals surface area contributed by atoms with Crippen molar-refractivity contribution in [2.75, 3.05) is 39.9 Å². The first-order chi connectivity index (χ1) is 8.79. The monoisotopic (exact) mass is 251 g/mol. The molecular formula is C13H21N3O2. The quantitative estimate of drug-likeness (QED) is 0.783. The van der Waals surface area contributed by atoms with E-state index in [1.54, 1.807) is 25.6 Å². The number of carbonyl (C=O) groups excluding carboxylic acids is 1. The molecule has 1 atom stereocenters. The highest BCUT2D eigenvalue weighted by Crippen LogP contribution is 2.14. The van der Waals surface area contributed by atoms with Crippen LogP contribution in [-0.4, -0.2) is 55.7 Å². The number of ether oxygens (including phenoxy) is 1. The molecule has 1 aromatic rings. The Morgan fingerprint density at radius 1 is 1.67 bits per heavy atom. The molecule has 18 heavy (non-hydrogen) atoms. The maximum Gasteiger partial charge on any atom is 0.252 e. The molecular weight excluding hydrogens is 230 g/mol. The predicted octanol–water partition coefficient (Wildman–Crippen LogP) is 0.713. The molecule has 1 amide bonds. The zero-order chi connectivity index (χ0) is 12.8. The van der Waals surface area contributed by atoms with E-state index in [9.17, 15) is 4.79 Å². The van der Waals surface area contributed by atoms with Crippen LogP contribution in [0.15, 0.2) is 18.5 Å². The lowest BCUT2D eigenvalue weighted by molar-refractivity contribution is 0.0947. The Hall–Kier alpha value is -1.33. The van der Waals surface area contributed by atoms with Crippen LogP contribution in [0, 0.1) is 5.92 Å². The number of hydrogen-bond donors (Lipinski definition) is 2. The second-order valence-corrected chi connectivity index (χ2v) is 4.76. The minimum atomic E-state index is 0.00610. The fraction of sp³-hybridized carbons (Fsp3) is 0.615. The average molecular weight is 251 g/mol. The first-order valence-electron chi connectivity index (χ1n) is 6.42. The van der Waals surface area contributed by atoms with Crippen molar-refractivity contribution in [3.05, 3.63) is 24.0 Å². The normalized spacial score (nSPS) is 20.2. The summed E-state index contributed by atoms with van der Waals surface area (Å²) in [6.45, 7) is 4.68. The maximum atomic E-state index is 11.8. The van der Waals surface area contributed by atoms with E-state index in [0.29, 0.717) is 11.5 Å². The molecule has 1 aromatic heterocycles. The van der Waals surface area contributed by atoms with Crippen molar-refractivity contribution in [2.45, 2.75) is 6.42 Å². The highest BCUT2D eigenvalue weighted by Gasteiger charge is 2.22. The van der Waals surface area contributed by atoms with Crippen LogP contribution >= 0.6 is 0 Å². The largest absolute Gasteiger partial charge is 0.383 e. The lowest BCUT2D eigenvalue weighted by atomic mass is 10.1. The van der Waals surface area contributed by atoms with Gasteiger partial charge >= 0.3 is 0 Å². The summed E-state index contributed by atoms with van der Waals surface area (Å²) in [5.41, 5.74) is 0.698. The lowest BCUT2D eigenvalue weighted by Crippen LogP contribution is -2.31. The van der Waals surface area contributed by atoms with Crippen molar-refractivity contribution in [3.63, 3.8) is 0 Å². The van der Waals surface area contributed by atoms with Gasteiger partial charge in [-0.15, -0.1) is 0 Å². The van der Waals surface area contributed by atoms with Gasteiger partial charge < -0.3 is 19.9 Å². The number of aromatic amines is 1. The molecule has 0 aromatic carbocycles. The Morgan fingerprint density at radius 2 is 2.56 bits per heavy atom. The zero-order valence-corrected chi connectivity index (χ0v) is 10.8. The molecule has 1 aliphatic rings. The van der Waals surface area contributed by atoms with E-state index in [1.165, 1.54) is 0 Å². The van der Waals surface area contributed by atoms with E-state index in [0.717, 1.165) is 39.2 Å². The number of H-pyrrole nitrogens is 1. The Bertz CT molecular complexity index is 364. The fourth-order valence-electron chi connectivity index (χ4n) is 2.31. The van der Waals surface area contributed by atoms with Gasteiger partial charge in [0.1, 0.15) is 0 Å². The van der Waals surface area contributed by atoms with Gasteiger partial charge in [-0.25, -0.2) is 0 Å². The van der Waals surface area contributed by atoms with Gasteiger partial charge in [0.25, 0.3) is 5.91 Å². The number of nitrogens with zero attached hydrogens (tertiary/aromatic N) is 1. The van der Waals surface area contributed by atoms with E-state index >= 15 is 0 Å². The molecule has 1 saturated heterocycles. The second kappa shape index (κ2) is 6.56. The van der Waals surface area contributed by atoms with Crippen LogP contribution in [0.4, 0.5) is 0 Å². The second-order valence-electron chi connectivity index (χ2n) is 4.76. The average Bonchev–Trinajstić information content (AvgIpc) is 3.04. The molecule has 2 heterocycles. The Balaban J connectivity index is 1.67. The molecule has 2 N–H and O–H groups in total. The van der Waals surface area contributed by atoms with Crippen LogP contribution in [0.3, 0.4) is 0 Å². The van der Waals surface area contributed by atoms with Crippen molar-refractivity contribution >= 4 is 5.91 Å². The lowest BCUT2D eigenvalue weighted by Gasteiger charge is -2.15. The summed E-state index contributed by atoms with van der Waals surface area (Å²) in [6, 6.07) is 1.79. The molecule has 0 bridgehead atoms. The number of nitrogens with one attached hydrogen (secondary N) is 2. The topological polar surface area (TPSA) is 57.4 Å². The summed E-state index contributed by atoms with van der Waals surface area (Å²) in [6.07, 6.45) is 4.63. The minimum absolute atomic E-state index is 0.00610. The van der Waals surface area contributed by atoms with Crippen LogP contribution < -0.4 is 5.32 Å². The fourth-order valence-corrected chi connectivity index (χ4v) is 2.31. The molecule has 0 saturated carbocycles. The summed E-state index contributed by atoms with van der Waals surface area (Å²) in [4.78, 5) is 17.0.